The first-order valence-corrected chi connectivity index (χ1v) is 6.12. The molecule has 0 aliphatic heterocycles. The van der Waals surface area contributed by atoms with Crippen LogP contribution in [0, 0.1) is 0 Å². The van der Waals surface area contributed by atoms with E-state index in [1.807, 2.05) is 6.92 Å². The summed E-state index contributed by atoms with van der Waals surface area (Å²) < 4.78 is 23.1. The summed E-state index contributed by atoms with van der Waals surface area (Å²) in [6, 6.07) is 0. The van der Waals surface area contributed by atoms with Crippen LogP contribution in [0.1, 0.15) is 26.2 Å². The smallest absolute Gasteiger partial charge is 0.244 e. The minimum Gasteiger partial charge on any atom is -0.366 e. The third-order valence-electron chi connectivity index (χ3n) is 1.79. The Bertz CT molecular complexity index is 384. The highest BCUT2D eigenvalue weighted by Gasteiger charge is 2.17. The summed E-state index contributed by atoms with van der Waals surface area (Å²) in [4.78, 5) is 3.58. The van der Waals surface area contributed by atoms with E-state index in [0.717, 1.165) is 12.8 Å². The van der Waals surface area contributed by atoms with Crippen molar-refractivity contribution in [2.45, 2.75) is 31.3 Å². The molecule has 1 rings (SSSR count). The maximum absolute atomic E-state index is 11.5. The van der Waals surface area contributed by atoms with Crippen LogP contribution in [0.3, 0.4) is 0 Å². The number of nitrogens with one attached hydrogen (secondary N) is 1. The molecular weight excluding hydrogens is 204 g/mol. The Morgan fingerprint density at radius 1 is 1.43 bits per heavy atom. The van der Waals surface area contributed by atoms with Crippen molar-refractivity contribution < 1.29 is 8.42 Å². The molecule has 0 spiro atoms. The third kappa shape index (κ3) is 2.69. The Balaban J connectivity index is 2.66. The van der Waals surface area contributed by atoms with Gasteiger partial charge in [-0.1, -0.05) is 19.8 Å². The van der Waals surface area contributed by atoms with Gasteiger partial charge >= 0.3 is 0 Å². The number of sulfone groups is 1. The predicted octanol–water partition coefficient (Wildman–Crippen LogP) is 0.351. The van der Waals surface area contributed by atoms with E-state index in [1.54, 1.807) is 0 Å². The summed E-state index contributed by atoms with van der Waals surface area (Å²) in [7, 11) is -3.32. The molecule has 7 heteroatoms. The van der Waals surface area contributed by atoms with Gasteiger partial charge in [0.2, 0.25) is 20.9 Å². The standard InChI is InChI=1S/C7H14N4O2S/c1-2-3-4-5-14(12,13)7-9-6(8)10-11-7/h2-5H2,1H3,(H3,8,9,10,11). The number of nitrogen functional groups attached to an aromatic ring is 1. The van der Waals surface area contributed by atoms with E-state index >= 15 is 0 Å². The van der Waals surface area contributed by atoms with Gasteiger partial charge in [-0.2, -0.15) is 4.98 Å². The molecule has 0 bridgehead atoms. The molecule has 3 N–H and O–H groups in total. The lowest BCUT2D eigenvalue weighted by molar-refractivity contribution is 0.582. The van der Waals surface area contributed by atoms with Crippen LogP contribution in [0.25, 0.3) is 0 Å². The van der Waals surface area contributed by atoms with Gasteiger partial charge in [-0.15, -0.1) is 5.10 Å². The molecule has 0 radical (unpaired) electrons. The molecule has 0 atom stereocenters. The Labute approximate surface area is 82.8 Å². The zero-order chi connectivity index (χ0) is 10.6. The fraction of sp³-hybridized carbons (Fsp3) is 0.714. The van der Waals surface area contributed by atoms with Crippen LogP contribution in [0.15, 0.2) is 5.16 Å². The van der Waals surface area contributed by atoms with Gasteiger partial charge in [0, 0.05) is 0 Å². The molecule has 0 amide bonds. The number of aromatic amines is 1. The van der Waals surface area contributed by atoms with Crippen molar-refractivity contribution >= 4 is 15.8 Å². The normalized spacial score (nSPS) is 11.8. The van der Waals surface area contributed by atoms with Crippen LogP contribution < -0.4 is 5.73 Å². The zero-order valence-corrected chi connectivity index (χ0v) is 8.84. The monoisotopic (exact) mass is 218 g/mol. The van der Waals surface area contributed by atoms with E-state index in [4.69, 9.17) is 5.73 Å². The highest BCUT2D eigenvalue weighted by atomic mass is 32.2. The van der Waals surface area contributed by atoms with E-state index in [0.29, 0.717) is 6.42 Å². The summed E-state index contributed by atoms with van der Waals surface area (Å²) in [5.74, 6) is 0.0502. The number of rotatable bonds is 5. The molecule has 0 aliphatic carbocycles. The molecule has 80 valence electrons. The van der Waals surface area contributed by atoms with E-state index < -0.39 is 9.84 Å². The molecule has 6 nitrogen and oxygen atoms in total. The number of hydrogen-bond acceptors (Lipinski definition) is 5. The Hall–Kier alpha value is -1.11. The van der Waals surface area contributed by atoms with Crippen molar-refractivity contribution in [3.05, 3.63) is 0 Å². The molecule has 0 aliphatic rings. The van der Waals surface area contributed by atoms with Crippen LogP contribution in [0.5, 0.6) is 0 Å². The Morgan fingerprint density at radius 3 is 2.64 bits per heavy atom. The van der Waals surface area contributed by atoms with Gasteiger partial charge in [0.05, 0.1) is 5.75 Å². The lowest BCUT2D eigenvalue weighted by atomic mass is 10.3. The molecular formula is C7H14N4O2S. The lowest BCUT2D eigenvalue weighted by Gasteiger charge is -1.98. The first-order valence-electron chi connectivity index (χ1n) is 4.47. The van der Waals surface area contributed by atoms with Gasteiger partial charge in [-0.3, -0.25) is 0 Å². The van der Waals surface area contributed by atoms with Crippen molar-refractivity contribution in [2.75, 3.05) is 11.5 Å². The zero-order valence-electron chi connectivity index (χ0n) is 8.02. The van der Waals surface area contributed by atoms with Crippen molar-refractivity contribution in [3.63, 3.8) is 0 Å². The highest BCUT2D eigenvalue weighted by molar-refractivity contribution is 7.91. The second-order valence-corrected chi connectivity index (χ2v) is 5.05. The number of hydrogen-bond donors (Lipinski definition) is 2. The van der Waals surface area contributed by atoms with Crippen LogP contribution in [-0.2, 0) is 9.84 Å². The Kier molecular flexibility index (Phi) is 3.45. The van der Waals surface area contributed by atoms with Crippen molar-refractivity contribution in [1.82, 2.24) is 15.2 Å². The maximum Gasteiger partial charge on any atom is 0.244 e. The van der Waals surface area contributed by atoms with Crippen molar-refractivity contribution in [1.29, 1.82) is 0 Å². The maximum atomic E-state index is 11.5. The van der Waals surface area contributed by atoms with Gasteiger partial charge in [-0.25, -0.2) is 13.5 Å². The molecule has 14 heavy (non-hydrogen) atoms. The Morgan fingerprint density at radius 2 is 2.14 bits per heavy atom. The molecule has 0 aromatic carbocycles. The van der Waals surface area contributed by atoms with Gasteiger partial charge < -0.3 is 5.73 Å². The molecule has 0 saturated carbocycles. The number of nitrogens with zero attached hydrogens (tertiary/aromatic N) is 2. The van der Waals surface area contributed by atoms with Crippen molar-refractivity contribution in [2.24, 2.45) is 0 Å². The first kappa shape index (κ1) is 11.0. The third-order valence-corrected chi connectivity index (χ3v) is 3.39. The van der Waals surface area contributed by atoms with Gasteiger partial charge in [0.1, 0.15) is 0 Å². The number of unbranched alkanes of at least 4 members (excludes halogenated alkanes) is 2. The predicted molar refractivity (Wildman–Crippen MR) is 52.4 cm³/mol. The number of aromatic nitrogens is 3. The minimum atomic E-state index is -3.32. The van der Waals surface area contributed by atoms with Crippen LogP contribution in [0.2, 0.25) is 0 Å². The topological polar surface area (TPSA) is 102 Å². The molecule has 0 unspecified atom stereocenters. The van der Waals surface area contributed by atoms with Crippen LogP contribution >= 0.6 is 0 Å². The quantitative estimate of drug-likeness (QED) is 0.694. The van der Waals surface area contributed by atoms with Crippen LogP contribution in [0.4, 0.5) is 5.95 Å². The minimum absolute atomic E-state index is 0.0425. The SMILES string of the molecule is CCCCCS(=O)(=O)c1nc(N)n[nH]1. The summed E-state index contributed by atoms with van der Waals surface area (Å²) in [5.41, 5.74) is 5.21. The van der Waals surface area contributed by atoms with Gasteiger partial charge in [0.15, 0.2) is 0 Å². The van der Waals surface area contributed by atoms with E-state index in [-0.39, 0.29) is 16.9 Å². The van der Waals surface area contributed by atoms with Crippen molar-refractivity contribution in [3.8, 4) is 0 Å². The average molecular weight is 218 g/mol. The number of anilines is 1. The molecule has 0 fully saturated rings. The average Bonchev–Trinajstić information content (AvgIpc) is 2.53. The number of nitrogens with two attached hydrogens (primary N) is 1. The molecule has 1 heterocycles. The first-order chi connectivity index (χ1) is 6.56. The number of H-pyrrole nitrogens is 1. The summed E-state index contributed by atoms with van der Waals surface area (Å²) in [6.07, 6.45) is 2.51. The molecule has 1 aromatic rings. The van der Waals surface area contributed by atoms with Gasteiger partial charge in [-0.05, 0) is 6.42 Å². The van der Waals surface area contributed by atoms with E-state index in [9.17, 15) is 8.42 Å². The fourth-order valence-electron chi connectivity index (χ4n) is 1.04. The second-order valence-electron chi connectivity index (χ2n) is 3.02. The molecule has 1 aromatic heterocycles. The van der Waals surface area contributed by atoms with E-state index in [2.05, 4.69) is 15.2 Å². The van der Waals surface area contributed by atoms with Gasteiger partial charge in [0.25, 0.3) is 0 Å². The van der Waals surface area contributed by atoms with E-state index in [1.165, 1.54) is 0 Å². The fourth-order valence-corrected chi connectivity index (χ4v) is 2.23. The molecule has 0 saturated heterocycles. The largest absolute Gasteiger partial charge is 0.366 e. The van der Waals surface area contributed by atoms with Crippen LogP contribution in [-0.4, -0.2) is 29.4 Å². The summed E-state index contributed by atoms with van der Waals surface area (Å²) in [6.45, 7) is 2.01. The second kappa shape index (κ2) is 4.41. The highest BCUT2D eigenvalue weighted by Crippen LogP contribution is 2.08. The summed E-state index contributed by atoms with van der Waals surface area (Å²) >= 11 is 0. The summed E-state index contributed by atoms with van der Waals surface area (Å²) in [5, 5.41) is 5.64. The lowest BCUT2D eigenvalue weighted by Crippen LogP contribution is -2.08.